The Kier molecular flexibility index (Phi) is 6.15. The van der Waals surface area contributed by atoms with Crippen molar-refractivity contribution in [3.05, 3.63) is 63.4 Å². The van der Waals surface area contributed by atoms with Crippen LogP contribution in [0, 0.1) is 0 Å². The number of benzene rings is 1. The molecule has 1 unspecified atom stereocenters. The summed E-state index contributed by atoms with van der Waals surface area (Å²) in [4.78, 5) is 45.3. The highest BCUT2D eigenvalue weighted by atomic mass is 32.2. The second-order valence-electron chi connectivity index (χ2n) is 6.00. The van der Waals surface area contributed by atoms with Crippen LogP contribution in [0.3, 0.4) is 0 Å². The normalized spacial score (nSPS) is 11.9. The zero-order valence-corrected chi connectivity index (χ0v) is 16.3. The van der Waals surface area contributed by atoms with Gasteiger partial charge in [0.05, 0.1) is 18.0 Å². The highest BCUT2D eigenvalue weighted by molar-refractivity contribution is 7.98. The van der Waals surface area contributed by atoms with Crippen LogP contribution in [-0.2, 0) is 4.79 Å². The van der Waals surface area contributed by atoms with E-state index in [-0.39, 0.29) is 5.88 Å². The zero-order chi connectivity index (χ0) is 20.1. The van der Waals surface area contributed by atoms with Crippen molar-refractivity contribution in [3.8, 4) is 5.88 Å². The van der Waals surface area contributed by atoms with Gasteiger partial charge in [0.1, 0.15) is 11.7 Å². The summed E-state index contributed by atoms with van der Waals surface area (Å²) >= 11 is 1.53. The van der Waals surface area contributed by atoms with Gasteiger partial charge in [0.25, 0.3) is 5.56 Å². The summed E-state index contributed by atoms with van der Waals surface area (Å²) in [6, 6.07) is 9.04. The fourth-order valence-electron chi connectivity index (χ4n) is 2.93. The number of nitrogens with zero attached hydrogens (tertiary/aromatic N) is 2. The van der Waals surface area contributed by atoms with Gasteiger partial charge in [-0.25, -0.2) is 14.3 Å². The molecule has 1 amide bonds. The number of rotatable bonds is 7. The Morgan fingerprint density at radius 3 is 2.82 bits per heavy atom. The predicted molar refractivity (Wildman–Crippen MR) is 110 cm³/mol. The van der Waals surface area contributed by atoms with Gasteiger partial charge in [-0.1, -0.05) is 12.1 Å². The Morgan fingerprint density at radius 2 is 2.07 bits per heavy atom. The van der Waals surface area contributed by atoms with Gasteiger partial charge in [0.2, 0.25) is 11.8 Å². The number of ether oxygens (including phenoxy) is 1. The molecule has 2 heterocycles. The minimum absolute atomic E-state index is 0.249. The quantitative estimate of drug-likeness (QED) is 0.629. The second-order valence-corrected chi connectivity index (χ2v) is 6.98. The standard InChI is InChI=1S/C19H20N4O4S/c1-27-17-14(8-5-10-20-17)21-16(24)15(9-11-28-2)23-18(25)12-6-3-4-7-13(12)22-19(23)26/h3-8,10,15H,9,11H2,1-2H3,(H,21,24)(H,22,26). The maximum Gasteiger partial charge on any atom is 0.329 e. The second kappa shape index (κ2) is 8.75. The molecule has 28 heavy (non-hydrogen) atoms. The van der Waals surface area contributed by atoms with E-state index >= 15 is 0 Å². The van der Waals surface area contributed by atoms with Crippen LogP contribution in [0.5, 0.6) is 5.88 Å². The topological polar surface area (TPSA) is 106 Å². The van der Waals surface area contributed by atoms with Gasteiger partial charge >= 0.3 is 5.69 Å². The molecule has 3 aromatic rings. The molecule has 1 aromatic carbocycles. The number of aromatic nitrogens is 3. The number of para-hydroxylation sites is 1. The number of hydrogen-bond donors (Lipinski definition) is 2. The van der Waals surface area contributed by atoms with Crippen LogP contribution in [0.25, 0.3) is 10.9 Å². The summed E-state index contributed by atoms with van der Waals surface area (Å²) < 4.78 is 6.13. The number of nitrogens with one attached hydrogen (secondary N) is 2. The van der Waals surface area contributed by atoms with Crippen molar-refractivity contribution >= 4 is 34.3 Å². The Hall–Kier alpha value is -3.07. The minimum Gasteiger partial charge on any atom is -0.480 e. The van der Waals surface area contributed by atoms with Crippen molar-refractivity contribution in [2.45, 2.75) is 12.5 Å². The minimum atomic E-state index is -0.974. The summed E-state index contributed by atoms with van der Waals surface area (Å²) in [7, 11) is 1.45. The number of hydrogen-bond acceptors (Lipinski definition) is 6. The summed E-state index contributed by atoms with van der Waals surface area (Å²) in [5, 5.41) is 3.07. The van der Waals surface area contributed by atoms with Crippen LogP contribution in [0.2, 0.25) is 0 Å². The molecule has 9 heteroatoms. The van der Waals surface area contributed by atoms with Crippen LogP contribution in [0.1, 0.15) is 12.5 Å². The highest BCUT2D eigenvalue weighted by Crippen LogP contribution is 2.22. The van der Waals surface area contributed by atoms with Crippen molar-refractivity contribution in [3.63, 3.8) is 0 Å². The molecule has 0 saturated carbocycles. The molecule has 0 fully saturated rings. The number of aromatic amines is 1. The molecule has 2 N–H and O–H groups in total. The lowest BCUT2D eigenvalue weighted by Crippen LogP contribution is -2.43. The van der Waals surface area contributed by atoms with E-state index < -0.39 is 23.2 Å². The van der Waals surface area contributed by atoms with Crippen molar-refractivity contribution in [2.24, 2.45) is 0 Å². The van der Waals surface area contributed by atoms with E-state index in [0.717, 1.165) is 4.57 Å². The van der Waals surface area contributed by atoms with Crippen molar-refractivity contribution in [2.75, 3.05) is 24.4 Å². The number of anilines is 1. The van der Waals surface area contributed by atoms with Crippen LogP contribution in [0.4, 0.5) is 5.69 Å². The van der Waals surface area contributed by atoms with E-state index in [4.69, 9.17) is 4.74 Å². The van der Waals surface area contributed by atoms with Gasteiger partial charge in [-0.05, 0) is 42.7 Å². The molecule has 2 aromatic heterocycles. The lowest BCUT2D eigenvalue weighted by Gasteiger charge is -2.19. The molecule has 8 nitrogen and oxygen atoms in total. The monoisotopic (exact) mass is 400 g/mol. The molecule has 146 valence electrons. The summed E-state index contributed by atoms with van der Waals surface area (Å²) in [6.07, 6.45) is 3.75. The first-order valence-corrected chi connectivity index (χ1v) is 9.98. The molecule has 0 aliphatic carbocycles. The van der Waals surface area contributed by atoms with Crippen LogP contribution >= 0.6 is 11.8 Å². The van der Waals surface area contributed by atoms with Crippen LogP contribution < -0.4 is 21.3 Å². The van der Waals surface area contributed by atoms with Gasteiger partial charge in [-0.3, -0.25) is 9.59 Å². The highest BCUT2D eigenvalue weighted by Gasteiger charge is 2.25. The SMILES string of the molecule is COc1ncccc1NC(=O)C(CCSC)n1c(=O)[nH]c2ccccc2c1=O. The fraction of sp³-hybridized carbons (Fsp3) is 0.263. The molecule has 0 bridgehead atoms. The first-order chi connectivity index (χ1) is 13.6. The predicted octanol–water partition coefficient (Wildman–Crippen LogP) is 2.03. The number of methoxy groups -OCH3 is 1. The zero-order valence-electron chi connectivity index (χ0n) is 15.5. The van der Waals surface area contributed by atoms with E-state index in [1.807, 2.05) is 6.26 Å². The number of fused-ring (bicyclic) bond motifs is 1. The molecule has 0 saturated heterocycles. The lowest BCUT2D eigenvalue weighted by atomic mass is 10.1. The Labute approximate surface area is 164 Å². The maximum atomic E-state index is 13.0. The van der Waals surface area contributed by atoms with Gasteiger partial charge in [0.15, 0.2) is 0 Å². The number of H-pyrrole nitrogens is 1. The Bertz CT molecular complexity index is 1110. The molecule has 0 radical (unpaired) electrons. The molecular weight excluding hydrogens is 380 g/mol. The van der Waals surface area contributed by atoms with E-state index in [1.165, 1.54) is 25.1 Å². The largest absolute Gasteiger partial charge is 0.480 e. The first kappa shape index (κ1) is 19.7. The molecule has 3 rings (SSSR count). The molecular formula is C19H20N4O4S. The first-order valence-electron chi connectivity index (χ1n) is 8.59. The van der Waals surface area contributed by atoms with Gasteiger partial charge in [0, 0.05) is 6.20 Å². The third kappa shape index (κ3) is 3.94. The Morgan fingerprint density at radius 1 is 1.29 bits per heavy atom. The number of carbonyl (C=O) groups is 1. The average Bonchev–Trinajstić information content (AvgIpc) is 2.70. The molecule has 1 atom stereocenters. The number of thioether (sulfide) groups is 1. The number of pyridine rings is 1. The third-order valence-corrected chi connectivity index (χ3v) is 4.91. The summed E-state index contributed by atoms with van der Waals surface area (Å²) in [6.45, 7) is 0. The summed E-state index contributed by atoms with van der Waals surface area (Å²) in [5.74, 6) is 0.364. The number of amides is 1. The molecule has 0 aliphatic rings. The van der Waals surface area contributed by atoms with Gasteiger partial charge < -0.3 is 15.0 Å². The van der Waals surface area contributed by atoms with E-state index in [9.17, 15) is 14.4 Å². The van der Waals surface area contributed by atoms with Gasteiger partial charge in [-0.2, -0.15) is 11.8 Å². The van der Waals surface area contributed by atoms with E-state index in [1.54, 1.807) is 36.4 Å². The molecule has 0 aliphatic heterocycles. The van der Waals surface area contributed by atoms with Crippen LogP contribution in [0.15, 0.2) is 52.2 Å². The fourth-order valence-corrected chi connectivity index (χ4v) is 3.39. The van der Waals surface area contributed by atoms with Gasteiger partial charge in [-0.15, -0.1) is 0 Å². The molecule has 0 spiro atoms. The number of carbonyl (C=O) groups excluding carboxylic acids is 1. The van der Waals surface area contributed by atoms with E-state index in [0.29, 0.717) is 28.8 Å². The van der Waals surface area contributed by atoms with Crippen molar-refractivity contribution < 1.29 is 9.53 Å². The maximum absolute atomic E-state index is 13.0. The van der Waals surface area contributed by atoms with Crippen molar-refractivity contribution in [1.82, 2.24) is 14.5 Å². The van der Waals surface area contributed by atoms with Crippen molar-refractivity contribution in [1.29, 1.82) is 0 Å². The smallest absolute Gasteiger partial charge is 0.329 e. The third-order valence-electron chi connectivity index (χ3n) is 4.27. The average molecular weight is 400 g/mol. The van der Waals surface area contributed by atoms with E-state index in [2.05, 4.69) is 15.3 Å². The summed E-state index contributed by atoms with van der Waals surface area (Å²) in [5.41, 5.74) is -0.317. The lowest BCUT2D eigenvalue weighted by molar-refractivity contribution is -0.119. The Balaban J connectivity index is 2.05. The van der Waals surface area contributed by atoms with Crippen LogP contribution in [-0.4, -0.2) is 39.6 Å².